The van der Waals surface area contributed by atoms with Crippen LogP contribution in [0.25, 0.3) is 0 Å². The van der Waals surface area contributed by atoms with E-state index in [9.17, 15) is 5.11 Å². The van der Waals surface area contributed by atoms with Gasteiger partial charge < -0.3 is 20.9 Å². The minimum absolute atomic E-state index is 0.0877. The molecule has 0 unspecified atom stereocenters. The van der Waals surface area contributed by atoms with E-state index >= 15 is 0 Å². The predicted molar refractivity (Wildman–Crippen MR) is 68.9 cm³/mol. The van der Waals surface area contributed by atoms with E-state index in [1.807, 2.05) is 20.8 Å². The van der Waals surface area contributed by atoms with Crippen LogP contribution >= 0.6 is 0 Å². The average Bonchev–Trinajstić information content (AvgIpc) is 2.25. The smallest absolute Gasteiger partial charge is 0.189 e. The summed E-state index contributed by atoms with van der Waals surface area (Å²) in [5.74, 6) is 0.441. The SMILES string of the molecule is CC(C)(C)NC(N)=NCC1(CO)CCOCC1. The maximum absolute atomic E-state index is 9.50. The lowest BCUT2D eigenvalue weighted by Gasteiger charge is -2.34. The van der Waals surface area contributed by atoms with Gasteiger partial charge in [-0.2, -0.15) is 0 Å². The van der Waals surface area contributed by atoms with Crippen LogP contribution in [0.1, 0.15) is 33.6 Å². The van der Waals surface area contributed by atoms with Gasteiger partial charge in [-0.1, -0.05) is 0 Å². The summed E-state index contributed by atoms with van der Waals surface area (Å²) in [6.07, 6.45) is 1.69. The number of nitrogens with two attached hydrogens (primary N) is 1. The first-order valence-electron chi connectivity index (χ1n) is 6.14. The number of nitrogens with one attached hydrogen (secondary N) is 1. The Balaban J connectivity index is 2.54. The lowest BCUT2D eigenvalue weighted by molar-refractivity contribution is -0.0106. The zero-order chi connectivity index (χ0) is 12.9. The molecule has 0 spiro atoms. The summed E-state index contributed by atoms with van der Waals surface area (Å²) in [6, 6.07) is 0. The van der Waals surface area contributed by atoms with Gasteiger partial charge in [0.25, 0.3) is 0 Å². The summed E-state index contributed by atoms with van der Waals surface area (Å²) in [7, 11) is 0. The molecule has 100 valence electrons. The maximum Gasteiger partial charge on any atom is 0.189 e. The van der Waals surface area contributed by atoms with E-state index in [0.29, 0.717) is 25.7 Å². The number of aliphatic imine (C=N–C) groups is 1. The highest BCUT2D eigenvalue weighted by Crippen LogP contribution is 2.30. The van der Waals surface area contributed by atoms with Crippen LogP contribution in [-0.4, -0.2) is 43.0 Å². The molecule has 0 aliphatic carbocycles. The lowest BCUT2D eigenvalue weighted by atomic mass is 9.81. The van der Waals surface area contributed by atoms with Crippen molar-refractivity contribution in [1.29, 1.82) is 0 Å². The molecule has 0 atom stereocenters. The Kier molecular flexibility index (Phi) is 4.77. The highest BCUT2D eigenvalue weighted by Gasteiger charge is 2.31. The highest BCUT2D eigenvalue weighted by molar-refractivity contribution is 5.78. The van der Waals surface area contributed by atoms with E-state index in [1.54, 1.807) is 0 Å². The van der Waals surface area contributed by atoms with Crippen molar-refractivity contribution in [1.82, 2.24) is 5.32 Å². The molecule has 4 N–H and O–H groups in total. The van der Waals surface area contributed by atoms with E-state index in [-0.39, 0.29) is 17.6 Å². The monoisotopic (exact) mass is 243 g/mol. The van der Waals surface area contributed by atoms with Gasteiger partial charge in [-0.3, -0.25) is 4.99 Å². The quantitative estimate of drug-likeness (QED) is 0.497. The van der Waals surface area contributed by atoms with E-state index in [2.05, 4.69) is 10.3 Å². The van der Waals surface area contributed by atoms with E-state index in [4.69, 9.17) is 10.5 Å². The molecule has 1 aliphatic rings. The Labute approximate surface area is 103 Å². The molecule has 1 rings (SSSR count). The fourth-order valence-electron chi connectivity index (χ4n) is 1.85. The molecule has 0 aromatic heterocycles. The van der Waals surface area contributed by atoms with Crippen molar-refractivity contribution in [2.45, 2.75) is 39.2 Å². The second-order valence-electron chi connectivity index (χ2n) is 5.85. The summed E-state index contributed by atoms with van der Waals surface area (Å²) in [5, 5.41) is 12.6. The third-order valence-electron chi connectivity index (χ3n) is 2.98. The number of rotatable bonds is 3. The van der Waals surface area contributed by atoms with Gasteiger partial charge in [0.15, 0.2) is 5.96 Å². The number of hydrogen-bond donors (Lipinski definition) is 3. The number of aliphatic hydroxyl groups excluding tert-OH is 1. The molecule has 0 aromatic rings. The number of ether oxygens (including phenoxy) is 1. The lowest BCUT2D eigenvalue weighted by Crippen LogP contribution is -2.46. The molecular formula is C12H25N3O2. The number of nitrogens with zero attached hydrogens (tertiary/aromatic N) is 1. The molecule has 0 amide bonds. The first kappa shape index (κ1) is 14.3. The van der Waals surface area contributed by atoms with Gasteiger partial charge in [0, 0.05) is 24.2 Å². The number of guanidine groups is 1. The van der Waals surface area contributed by atoms with E-state index in [0.717, 1.165) is 12.8 Å². The molecule has 5 nitrogen and oxygen atoms in total. The van der Waals surface area contributed by atoms with Crippen LogP contribution in [0, 0.1) is 5.41 Å². The van der Waals surface area contributed by atoms with Crippen molar-refractivity contribution in [3.8, 4) is 0 Å². The molecule has 1 aliphatic heterocycles. The third-order valence-corrected chi connectivity index (χ3v) is 2.98. The van der Waals surface area contributed by atoms with Crippen LogP contribution in [0.3, 0.4) is 0 Å². The zero-order valence-corrected chi connectivity index (χ0v) is 11.1. The van der Waals surface area contributed by atoms with Gasteiger partial charge in [-0.15, -0.1) is 0 Å². The van der Waals surface area contributed by atoms with Gasteiger partial charge in [-0.25, -0.2) is 0 Å². The normalized spacial score (nSPS) is 21.3. The second-order valence-corrected chi connectivity index (χ2v) is 5.85. The van der Waals surface area contributed by atoms with Gasteiger partial charge >= 0.3 is 0 Å². The van der Waals surface area contributed by atoms with Gasteiger partial charge in [0.1, 0.15) is 0 Å². The van der Waals surface area contributed by atoms with Crippen LogP contribution in [0.4, 0.5) is 0 Å². The van der Waals surface area contributed by atoms with E-state index in [1.165, 1.54) is 0 Å². The molecule has 0 radical (unpaired) electrons. The molecule has 0 saturated carbocycles. The Morgan fingerprint density at radius 3 is 2.47 bits per heavy atom. The summed E-state index contributed by atoms with van der Waals surface area (Å²) >= 11 is 0. The minimum Gasteiger partial charge on any atom is -0.396 e. The Bertz CT molecular complexity index is 265. The first-order valence-corrected chi connectivity index (χ1v) is 6.14. The van der Waals surface area contributed by atoms with Crippen molar-refractivity contribution in [2.24, 2.45) is 16.1 Å². The van der Waals surface area contributed by atoms with Crippen LogP contribution in [0.15, 0.2) is 4.99 Å². The topological polar surface area (TPSA) is 79.9 Å². The fourth-order valence-corrected chi connectivity index (χ4v) is 1.85. The largest absolute Gasteiger partial charge is 0.396 e. The van der Waals surface area contributed by atoms with Gasteiger partial charge in [0.2, 0.25) is 0 Å². The molecular weight excluding hydrogens is 218 g/mol. The van der Waals surface area contributed by atoms with Gasteiger partial charge in [-0.05, 0) is 33.6 Å². The van der Waals surface area contributed by atoms with Crippen molar-refractivity contribution in [2.75, 3.05) is 26.4 Å². The van der Waals surface area contributed by atoms with Crippen molar-refractivity contribution >= 4 is 5.96 Å². The first-order chi connectivity index (χ1) is 7.87. The molecule has 1 fully saturated rings. The second kappa shape index (κ2) is 5.69. The zero-order valence-electron chi connectivity index (χ0n) is 11.1. The summed E-state index contributed by atoms with van der Waals surface area (Å²) in [4.78, 5) is 4.34. The molecule has 1 saturated heterocycles. The Morgan fingerprint density at radius 2 is 2.00 bits per heavy atom. The molecule has 1 heterocycles. The van der Waals surface area contributed by atoms with Gasteiger partial charge in [0.05, 0.1) is 13.2 Å². The minimum atomic E-state index is -0.150. The van der Waals surface area contributed by atoms with Crippen LogP contribution in [0.2, 0.25) is 0 Å². The van der Waals surface area contributed by atoms with E-state index < -0.39 is 0 Å². The summed E-state index contributed by atoms with van der Waals surface area (Å²) < 4.78 is 5.31. The summed E-state index contributed by atoms with van der Waals surface area (Å²) in [6.45, 7) is 8.19. The number of hydrogen-bond acceptors (Lipinski definition) is 3. The van der Waals surface area contributed by atoms with Crippen molar-refractivity contribution in [3.63, 3.8) is 0 Å². The van der Waals surface area contributed by atoms with Crippen LogP contribution in [0.5, 0.6) is 0 Å². The fraction of sp³-hybridized carbons (Fsp3) is 0.917. The Morgan fingerprint density at radius 1 is 1.41 bits per heavy atom. The van der Waals surface area contributed by atoms with Crippen LogP contribution < -0.4 is 11.1 Å². The van der Waals surface area contributed by atoms with Crippen molar-refractivity contribution in [3.05, 3.63) is 0 Å². The maximum atomic E-state index is 9.50. The third kappa shape index (κ3) is 4.91. The molecule has 0 bridgehead atoms. The molecule has 5 heteroatoms. The highest BCUT2D eigenvalue weighted by atomic mass is 16.5. The molecule has 17 heavy (non-hydrogen) atoms. The number of aliphatic hydroxyl groups is 1. The molecule has 0 aromatic carbocycles. The summed E-state index contributed by atoms with van der Waals surface area (Å²) in [5.41, 5.74) is 5.58. The van der Waals surface area contributed by atoms with Crippen LogP contribution in [-0.2, 0) is 4.74 Å². The van der Waals surface area contributed by atoms with Crippen molar-refractivity contribution < 1.29 is 9.84 Å². The standard InChI is InChI=1S/C12H25N3O2/c1-11(2,3)15-10(13)14-8-12(9-16)4-6-17-7-5-12/h16H,4-9H2,1-3H3,(H3,13,14,15). The Hall–Kier alpha value is -0.810. The average molecular weight is 243 g/mol. The predicted octanol–water partition coefficient (Wildman–Crippen LogP) is 0.478.